The number of hydrogen-bond donors (Lipinski definition) is 1. The van der Waals surface area contributed by atoms with Crippen molar-refractivity contribution >= 4 is 63.8 Å². The number of furan rings is 1. The largest absolute Gasteiger partial charge is 0.457 e. The van der Waals surface area contributed by atoms with Crippen molar-refractivity contribution in [3.8, 4) is 11.3 Å². The first-order valence-corrected chi connectivity index (χ1v) is 10.6. The fourth-order valence-electron chi connectivity index (χ4n) is 2.89. The van der Waals surface area contributed by atoms with E-state index in [1.807, 2.05) is 6.07 Å². The Morgan fingerprint density at radius 2 is 1.87 bits per heavy atom. The molecule has 0 atom stereocenters. The molecule has 9 heteroatoms. The lowest BCUT2D eigenvalue weighted by molar-refractivity contribution is -0.127. The quantitative estimate of drug-likeness (QED) is 0.465. The molecule has 2 heterocycles. The normalized spacial score (nSPS) is 15.0. The maximum atomic E-state index is 12.6. The van der Waals surface area contributed by atoms with Gasteiger partial charge in [0.2, 0.25) is 5.91 Å². The molecule has 1 N–H and O–H groups in total. The Kier molecular flexibility index (Phi) is 6.18. The van der Waals surface area contributed by atoms with Gasteiger partial charge in [-0.15, -0.1) is 0 Å². The van der Waals surface area contributed by atoms with Gasteiger partial charge in [-0.1, -0.05) is 47.5 Å². The average Bonchev–Trinajstić information content (AvgIpc) is 3.30. The first kappa shape index (κ1) is 21.2. The van der Waals surface area contributed by atoms with E-state index >= 15 is 0 Å². The molecule has 0 spiro atoms. The van der Waals surface area contributed by atoms with Crippen LogP contribution in [-0.4, -0.2) is 28.5 Å². The second-order valence-corrected chi connectivity index (χ2v) is 8.35. The van der Waals surface area contributed by atoms with Crippen LogP contribution in [-0.2, 0) is 9.59 Å². The molecule has 156 valence electrons. The molecule has 1 aromatic heterocycles. The number of carbonyl (C=O) groups is 3. The number of halogens is 2. The Morgan fingerprint density at radius 1 is 1.06 bits per heavy atom. The monoisotopic (exact) mass is 472 g/mol. The van der Waals surface area contributed by atoms with Crippen LogP contribution < -0.4 is 5.32 Å². The van der Waals surface area contributed by atoms with E-state index in [1.54, 1.807) is 54.6 Å². The summed E-state index contributed by atoms with van der Waals surface area (Å²) in [5.41, 5.74) is 1.19. The highest BCUT2D eigenvalue weighted by atomic mass is 35.5. The van der Waals surface area contributed by atoms with Gasteiger partial charge in [-0.3, -0.25) is 19.3 Å². The first-order valence-electron chi connectivity index (χ1n) is 9.06. The lowest BCUT2D eigenvalue weighted by Crippen LogP contribution is -2.36. The number of thioether (sulfide) groups is 1. The number of para-hydroxylation sites is 1. The number of nitrogens with zero attached hydrogens (tertiary/aromatic N) is 1. The standard InChI is InChI=1S/C22H14Cl2N2O4S/c23-14-5-3-4-13(10-14)18-9-8-15(30-18)11-19-21(28)26(22(29)31-19)12-20(27)25-17-7-2-1-6-16(17)24/h1-11H,12H2,(H,25,27)/b19-11+. The van der Waals surface area contributed by atoms with Gasteiger partial charge in [0.1, 0.15) is 18.1 Å². The molecule has 0 bridgehead atoms. The molecule has 3 amide bonds. The molecular formula is C22H14Cl2N2O4S. The number of nitrogens with one attached hydrogen (secondary N) is 1. The van der Waals surface area contributed by atoms with Gasteiger partial charge < -0.3 is 9.73 Å². The molecule has 1 saturated heterocycles. The Labute approximate surface area is 191 Å². The highest BCUT2D eigenvalue weighted by Gasteiger charge is 2.36. The molecule has 3 aromatic rings. The average molecular weight is 473 g/mol. The van der Waals surface area contributed by atoms with Crippen molar-refractivity contribution < 1.29 is 18.8 Å². The lowest BCUT2D eigenvalue weighted by atomic mass is 10.2. The zero-order valence-electron chi connectivity index (χ0n) is 15.8. The summed E-state index contributed by atoms with van der Waals surface area (Å²) in [5, 5.41) is 2.99. The van der Waals surface area contributed by atoms with Gasteiger partial charge in [0.05, 0.1) is 15.6 Å². The number of anilines is 1. The van der Waals surface area contributed by atoms with Gasteiger partial charge >= 0.3 is 0 Å². The number of carbonyl (C=O) groups excluding carboxylic acids is 3. The van der Waals surface area contributed by atoms with Gasteiger partial charge in [0.25, 0.3) is 11.1 Å². The number of benzene rings is 2. The molecule has 0 radical (unpaired) electrons. The Bertz CT molecular complexity index is 1220. The summed E-state index contributed by atoms with van der Waals surface area (Å²) >= 11 is 12.8. The van der Waals surface area contributed by atoms with Gasteiger partial charge in [-0.25, -0.2) is 0 Å². The first-order chi connectivity index (χ1) is 14.9. The van der Waals surface area contributed by atoms with Crippen LogP contribution in [0.1, 0.15) is 5.76 Å². The van der Waals surface area contributed by atoms with Crippen LogP contribution in [0.2, 0.25) is 10.0 Å². The second-order valence-electron chi connectivity index (χ2n) is 6.51. The molecule has 1 aliphatic rings. The van der Waals surface area contributed by atoms with E-state index in [9.17, 15) is 14.4 Å². The number of imide groups is 1. The fraction of sp³-hybridized carbons (Fsp3) is 0.0455. The van der Waals surface area contributed by atoms with Gasteiger partial charge in [0.15, 0.2) is 0 Å². The minimum Gasteiger partial charge on any atom is -0.457 e. The van der Waals surface area contributed by atoms with Crippen LogP contribution >= 0.6 is 35.0 Å². The second kappa shape index (κ2) is 9.01. The molecule has 0 unspecified atom stereocenters. The van der Waals surface area contributed by atoms with Crippen LogP contribution in [0.4, 0.5) is 10.5 Å². The van der Waals surface area contributed by atoms with Crippen LogP contribution in [0.3, 0.4) is 0 Å². The van der Waals surface area contributed by atoms with Crippen molar-refractivity contribution in [2.24, 2.45) is 0 Å². The summed E-state index contributed by atoms with van der Waals surface area (Å²) in [7, 11) is 0. The van der Waals surface area contributed by atoms with Crippen molar-refractivity contribution in [1.82, 2.24) is 4.90 Å². The van der Waals surface area contributed by atoms with Crippen molar-refractivity contribution in [3.63, 3.8) is 0 Å². The molecule has 4 rings (SSSR count). The van der Waals surface area contributed by atoms with E-state index in [0.717, 1.165) is 22.2 Å². The van der Waals surface area contributed by atoms with Gasteiger partial charge in [-0.05, 0) is 48.2 Å². The van der Waals surface area contributed by atoms with Crippen LogP contribution in [0.15, 0.2) is 70.0 Å². The van der Waals surface area contributed by atoms with Crippen molar-refractivity contribution in [2.75, 3.05) is 11.9 Å². The summed E-state index contributed by atoms with van der Waals surface area (Å²) in [6.07, 6.45) is 1.48. The van der Waals surface area contributed by atoms with Gasteiger partial charge in [-0.2, -0.15) is 0 Å². The molecule has 6 nitrogen and oxygen atoms in total. The number of rotatable bonds is 5. The van der Waals surface area contributed by atoms with Crippen molar-refractivity contribution in [2.45, 2.75) is 0 Å². The van der Waals surface area contributed by atoms with E-state index in [-0.39, 0.29) is 4.91 Å². The van der Waals surface area contributed by atoms with E-state index in [2.05, 4.69) is 5.32 Å². The predicted octanol–water partition coefficient (Wildman–Crippen LogP) is 5.93. The topological polar surface area (TPSA) is 79.6 Å². The minimum absolute atomic E-state index is 0.169. The van der Waals surface area contributed by atoms with Gasteiger partial charge in [0, 0.05) is 16.7 Å². The number of hydrogen-bond acceptors (Lipinski definition) is 5. The molecule has 1 fully saturated rings. The zero-order valence-corrected chi connectivity index (χ0v) is 18.1. The zero-order chi connectivity index (χ0) is 22.0. The van der Waals surface area contributed by atoms with Crippen LogP contribution in [0, 0.1) is 0 Å². The Hall–Kier alpha value is -3.00. The Morgan fingerprint density at radius 3 is 2.65 bits per heavy atom. The maximum Gasteiger partial charge on any atom is 0.294 e. The predicted molar refractivity (Wildman–Crippen MR) is 122 cm³/mol. The minimum atomic E-state index is -0.565. The molecule has 2 aromatic carbocycles. The van der Waals surface area contributed by atoms with Crippen molar-refractivity contribution in [1.29, 1.82) is 0 Å². The Balaban J connectivity index is 1.46. The highest BCUT2D eigenvalue weighted by molar-refractivity contribution is 8.18. The maximum absolute atomic E-state index is 12.6. The molecule has 0 aliphatic carbocycles. The third-order valence-electron chi connectivity index (χ3n) is 4.33. The summed E-state index contributed by atoms with van der Waals surface area (Å²) in [4.78, 5) is 38.3. The summed E-state index contributed by atoms with van der Waals surface area (Å²) < 4.78 is 5.75. The summed E-state index contributed by atoms with van der Waals surface area (Å²) in [6.45, 7) is -0.418. The summed E-state index contributed by atoms with van der Waals surface area (Å²) in [5.74, 6) is -0.115. The van der Waals surface area contributed by atoms with Crippen LogP contribution in [0.25, 0.3) is 17.4 Å². The lowest BCUT2D eigenvalue weighted by Gasteiger charge is -2.13. The third-order valence-corrected chi connectivity index (χ3v) is 5.80. The molecule has 0 saturated carbocycles. The van der Waals surface area contributed by atoms with E-state index in [0.29, 0.717) is 27.3 Å². The fourth-order valence-corrected chi connectivity index (χ4v) is 4.08. The van der Waals surface area contributed by atoms with E-state index in [4.69, 9.17) is 27.6 Å². The molecular weight excluding hydrogens is 459 g/mol. The van der Waals surface area contributed by atoms with E-state index in [1.165, 1.54) is 6.08 Å². The SMILES string of the molecule is O=C(CN1C(=O)S/C(=C/c2ccc(-c3cccc(Cl)c3)o2)C1=O)Nc1ccccc1Cl. The smallest absolute Gasteiger partial charge is 0.294 e. The summed E-state index contributed by atoms with van der Waals surface area (Å²) in [6, 6.07) is 17.3. The highest BCUT2D eigenvalue weighted by Crippen LogP contribution is 2.33. The molecule has 31 heavy (non-hydrogen) atoms. The van der Waals surface area contributed by atoms with E-state index < -0.39 is 23.6 Å². The third kappa shape index (κ3) is 4.85. The van der Waals surface area contributed by atoms with Crippen molar-refractivity contribution in [3.05, 3.63) is 81.4 Å². The molecule has 1 aliphatic heterocycles. The van der Waals surface area contributed by atoms with Crippen LogP contribution in [0.5, 0.6) is 0 Å². The number of amides is 3.